The number of aromatic nitrogens is 2. The summed E-state index contributed by atoms with van der Waals surface area (Å²) in [6.07, 6.45) is 4.40. The van der Waals surface area contributed by atoms with Crippen LogP contribution < -0.4 is 5.32 Å². The molecule has 6 nitrogen and oxygen atoms in total. The largest absolute Gasteiger partial charge is 0.480 e. The third kappa shape index (κ3) is 4.39. The first kappa shape index (κ1) is 12.6. The summed E-state index contributed by atoms with van der Waals surface area (Å²) in [6.45, 7) is 2.58. The quantitative estimate of drug-likeness (QED) is 0.684. The van der Waals surface area contributed by atoms with Gasteiger partial charge in [-0.2, -0.15) is 4.98 Å². The minimum Gasteiger partial charge on any atom is -0.480 e. The molecule has 0 aliphatic rings. The van der Waals surface area contributed by atoms with Crippen LogP contribution >= 0.6 is 0 Å². The van der Waals surface area contributed by atoms with Gasteiger partial charge in [-0.15, -0.1) is 0 Å². The lowest BCUT2D eigenvalue weighted by molar-refractivity contribution is -0.139. The number of aliphatic carboxylic acids is 1. The van der Waals surface area contributed by atoms with Crippen molar-refractivity contribution >= 4 is 5.97 Å². The van der Waals surface area contributed by atoms with E-state index in [0.29, 0.717) is 25.2 Å². The Labute approximate surface area is 94.0 Å². The maximum absolute atomic E-state index is 10.9. The van der Waals surface area contributed by atoms with E-state index in [4.69, 9.17) is 5.11 Å². The molecule has 0 aliphatic carbocycles. The highest BCUT2D eigenvalue weighted by atomic mass is 16.5. The molecular formula is C10H17N3O3. The Morgan fingerprint density at radius 3 is 3.06 bits per heavy atom. The van der Waals surface area contributed by atoms with Gasteiger partial charge in [0.05, 0.1) is 0 Å². The van der Waals surface area contributed by atoms with E-state index in [1.165, 1.54) is 6.39 Å². The van der Waals surface area contributed by atoms with Crippen molar-refractivity contribution in [2.75, 3.05) is 6.54 Å². The van der Waals surface area contributed by atoms with E-state index in [9.17, 15) is 4.79 Å². The number of carbonyl (C=O) groups is 1. The molecule has 0 fully saturated rings. The van der Waals surface area contributed by atoms with E-state index in [1.807, 2.05) is 6.92 Å². The van der Waals surface area contributed by atoms with Crippen molar-refractivity contribution in [2.45, 2.75) is 38.6 Å². The molecule has 1 aromatic rings. The molecule has 16 heavy (non-hydrogen) atoms. The third-order valence-corrected chi connectivity index (χ3v) is 2.29. The van der Waals surface area contributed by atoms with Gasteiger partial charge in [0, 0.05) is 13.0 Å². The third-order valence-electron chi connectivity index (χ3n) is 2.29. The zero-order valence-corrected chi connectivity index (χ0v) is 9.35. The zero-order chi connectivity index (χ0) is 11.8. The highest BCUT2D eigenvalue weighted by Crippen LogP contribution is 2.01. The van der Waals surface area contributed by atoms with Crippen molar-refractivity contribution in [3.8, 4) is 0 Å². The molecule has 1 unspecified atom stereocenters. The van der Waals surface area contributed by atoms with E-state index >= 15 is 0 Å². The zero-order valence-electron chi connectivity index (χ0n) is 9.35. The Morgan fingerprint density at radius 1 is 1.69 bits per heavy atom. The highest BCUT2D eigenvalue weighted by Gasteiger charge is 2.15. The van der Waals surface area contributed by atoms with Gasteiger partial charge < -0.3 is 14.9 Å². The lowest BCUT2D eigenvalue weighted by atomic mass is 10.1. The summed E-state index contributed by atoms with van der Waals surface area (Å²) in [5, 5.41) is 15.6. The lowest BCUT2D eigenvalue weighted by Crippen LogP contribution is -2.37. The molecular weight excluding hydrogens is 210 g/mol. The Kier molecular flexibility index (Phi) is 5.49. The summed E-state index contributed by atoms with van der Waals surface area (Å²) in [4.78, 5) is 14.7. The molecule has 0 bridgehead atoms. The fourth-order valence-electron chi connectivity index (χ4n) is 1.38. The lowest BCUT2D eigenvalue weighted by Gasteiger charge is -2.12. The monoisotopic (exact) mass is 227 g/mol. The van der Waals surface area contributed by atoms with Crippen molar-refractivity contribution in [3.63, 3.8) is 0 Å². The molecule has 1 atom stereocenters. The van der Waals surface area contributed by atoms with E-state index < -0.39 is 12.0 Å². The van der Waals surface area contributed by atoms with Crippen LogP contribution in [0.5, 0.6) is 0 Å². The number of hydrogen-bond donors (Lipinski definition) is 2. The van der Waals surface area contributed by atoms with Crippen molar-refractivity contribution < 1.29 is 14.4 Å². The summed E-state index contributed by atoms with van der Waals surface area (Å²) < 4.78 is 4.58. The molecule has 0 aromatic carbocycles. The van der Waals surface area contributed by atoms with Gasteiger partial charge in [-0.05, 0) is 6.42 Å². The molecule has 1 aromatic heterocycles. The van der Waals surface area contributed by atoms with E-state index in [-0.39, 0.29) is 0 Å². The number of unbranched alkanes of at least 4 members (excludes halogenated alkanes) is 1. The van der Waals surface area contributed by atoms with E-state index in [0.717, 1.165) is 12.8 Å². The molecule has 0 saturated carbocycles. The van der Waals surface area contributed by atoms with Gasteiger partial charge in [0.2, 0.25) is 6.39 Å². The highest BCUT2D eigenvalue weighted by molar-refractivity contribution is 5.73. The summed E-state index contributed by atoms with van der Waals surface area (Å²) in [6, 6.07) is -0.480. The Balaban J connectivity index is 2.24. The van der Waals surface area contributed by atoms with Gasteiger partial charge in [-0.1, -0.05) is 24.9 Å². The van der Waals surface area contributed by atoms with Crippen molar-refractivity contribution in [1.29, 1.82) is 0 Å². The van der Waals surface area contributed by atoms with Crippen LogP contribution in [0.3, 0.4) is 0 Å². The predicted octanol–water partition coefficient (Wildman–Crippen LogP) is 0.845. The average molecular weight is 227 g/mol. The molecule has 0 amide bonds. The molecule has 0 spiro atoms. The minimum atomic E-state index is -0.804. The van der Waals surface area contributed by atoms with Gasteiger partial charge >= 0.3 is 5.97 Å². The summed E-state index contributed by atoms with van der Waals surface area (Å²) in [7, 11) is 0. The Bertz CT molecular complexity index is 300. The summed E-state index contributed by atoms with van der Waals surface area (Å²) in [5.41, 5.74) is 0. The van der Waals surface area contributed by atoms with E-state index in [1.54, 1.807) is 0 Å². The van der Waals surface area contributed by atoms with Crippen molar-refractivity contribution in [1.82, 2.24) is 15.5 Å². The maximum Gasteiger partial charge on any atom is 0.320 e. The molecule has 1 heterocycles. The fraction of sp³-hybridized carbons (Fsp3) is 0.700. The van der Waals surface area contributed by atoms with Gasteiger partial charge in [-0.3, -0.25) is 4.79 Å². The Morgan fingerprint density at radius 2 is 2.50 bits per heavy atom. The second-order valence-corrected chi connectivity index (χ2v) is 3.58. The summed E-state index contributed by atoms with van der Waals surface area (Å²) in [5.74, 6) is -0.214. The first-order valence-corrected chi connectivity index (χ1v) is 5.45. The van der Waals surface area contributed by atoms with Crippen LogP contribution in [0.2, 0.25) is 0 Å². The maximum atomic E-state index is 10.9. The minimum absolute atomic E-state index is 0.480. The van der Waals surface area contributed by atoms with Gasteiger partial charge in [0.1, 0.15) is 6.04 Å². The second-order valence-electron chi connectivity index (χ2n) is 3.58. The molecule has 0 saturated heterocycles. The number of nitrogens with one attached hydrogen (secondary N) is 1. The molecule has 0 radical (unpaired) electrons. The van der Waals surface area contributed by atoms with Crippen molar-refractivity contribution in [2.24, 2.45) is 0 Å². The number of carboxylic acids is 1. The number of carboxylic acid groups (broad SMARTS) is 1. The molecule has 6 heteroatoms. The van der Waals surface area contributed by atoms with Gasteiger partial charge in [0.25, 0.3) is 0 Å². The number of rotatable bonds is 8. The summed E-state index contributed by atoms with van der Waals surface area (Å²) >= 11 is 0. The van der Waals surface area contributed by atoms with Crippen LogP contribution in [0.4, 0.5) is 0 Å². The Hall–Kier alpha value is -1.43. The number of nitrogens with zero attached hydrogens (tertiary/aromatic N) is 2. The first-order chi connectivity index (χ1) is 7.74. The van der Waals surface area contributed by atoms with Crippen molar-refractivity contribution in [3.05, 3.63) is 12.2 Å². The van der Waals surface area contributed by atoms with E-state index in [2.05, 4.69) is 20.0 Å². The molecule has 90 valence electrons. The van der Waals surface area contributed by atoms with Crippen LogP contribution in [0.25, 0.3) is 0 Å². The van der Waals surface area contributed by atoms with Crippen LogP contribution in [0.1, 0.15) is 32.0 Å². The van der Waals surface area contributed by atoms with Crippen LogP contribution in [-0.4, -0.2) is 33.8 Å². The predicted molar refractivity (Wildman–Crippen MR) is 57.0 cm³/mol. The molecule has 2 N–H and O–H groups in total. The van der Waals surface area contributed by atoms with Crippen LogP contribution in [0, 0.1) is 0 Å². The molecule has 0 aliphatic heterocycles. The van der Waals surface area contributed by atoms with Gasteiger partial charge in [-0.25, -0.2) is 0 Å². The standard InChI is InChI=1S/C10H17N3O3/c1-2-3-4-8(10(14)15)11-6-5-9-12-7-16-13-9/h7-8,11H,2-6H2,1H3,(H,14,15). The van der Waals surface area contributed by atoms with Crippen LogP contribution in [-0.2, 0) is 11.2 Å². The number of hydrogen-bond acceptors (Lipinski definition) is 5. The average Bonchev–Trinajstić information content (AvgIpc) is 2.75. The fourth-order valence-corrected chi connectivity index (χ4v) is 1.38. The second kappa shape index (κ2) is 6.95. The van der Waals surface area contributed by atoms with Gasteiger partial charge in [0.15, 0.2) is 5.82 Å². The molecule has 1 rings (SSSR count). The van der Waals surface area contributed by atoms with Crippen LogP contribution in [0.15, 0.2) is 10.9 Å². The first-order valence-electron chi connectivity index (χ1n) is 5.45. The smallest absolute Gasteiger partial charge is 0.320 e. The topological polar surface area (TPSA) is 88.3 Å². The normalized spacial score (nSPS) is 12.6. The SMILES string of the molecule is CCCCC(NCCc1ncon1)C(=O)O.